The number of hydrogen-bond acceptors (Lipinski definition) is 6. The van der Waals surface area contributed by atoms with Crippen LogP contribution in [-0.2, 0) is 0 Å². The summed E-state index contributed by atoms with van der Waals surface area (Å²) in [7, 11) is 0. The molecule has 5 nitrogen and oxygen atoms in total. The highest BCUT2D eigenvalue weighted by molar-refractivity contribution is 7.22. The largest absolute Gasteiger partial charge is 0.456 e. The minimum Gasteiger partial charge on any atom is -0.456 e. The second kappa shape index (κ2) is 6.93. The summed E-state index contributed by atoms with van der Waals surface area (Å²) in [6.07, 6.45) is 0. The lowest BCUT2D eigenvalue weighted by atomic mass is 10.1. The molecule has 1 fully saturated rings. The first-order valence-electron chi connectivity index (χ1n) is 10.1. The summed E-state index contributed by atoms with van der Waals surface area (Å²) in [6, 6.07) is 19.5. The number of benzene rings is 3. The van der Waals surface area contributed by atoms with Crippen LogP contribution in [0, 0.1) is 0 Å². The highest BCUT2D eigenvalue weighted by Crippen LogP contribution is 2.33. The van der Waals surface area contributed by atoms with Gasteiger partial charge >= 0.3 is 0 Å². The van der Waals surface area contributed by atoms with E-state index in [0.717, 1.165) is 57.9 Å². The van der Waals surface area contributed by atoms with E-state index in [1.807, 2.05) is 48.5 Å². The van der Waals surface area contributed by atoms with Crippen LogP contribution in [0.1, 0.15) is 0 Å². The van der Waals surface area contributed by atoms with Crippen molar-refractivity contribution in [2.75, 3.05) is 31.1 Å². The number of piperazine rings is 1. The number of hydrogen-bond donors (Lipinski definition) is 1. The lowest BCUT2D eigenvalue weighted by Gasteiger charge is -2.26. The van der Waals surface area contributed by atoms with E-state index in [9.17, 15) is 4.79 Å². The summed E-state index contributed by atoms with van der Waals surface area (Å²) in [5.41, 5.74) is 2.46. The van der Waals surface area contributed by atoms with Crippen molar-refractivity contribution in [2.45, 2.75) is 0 Å². The summed E-state index contributed by atoms with van der Waals surface area (Å²) in [4.78, 5) is 19.9. The van der Waals surface area contributed by atoms with Crippen LogP contribution in [0.25, 0.3) is 43.3 Å². The van der Waals surface area contributed by atoms with Crippen molar-refractivity contribution in [2.24, 2.45) is 0 Å². The summed E-state index contributed by atoms with van der Waals surface area (Å²) in [6.45, 7) is 3.91. The first kappa shape index (κ1) is 17.6. The van der Waals surface area contributed by atoms with Gasteiger partial charge in [0.05, 0.1) is 15.6 Å². The monoisotopic (exact) mass is 413 g/mol. The second-order valence-electron chi connectivity index (χ2n) is 7.59. The Labute approximate surface area is 176 Å². The van der Waals surface area contributed by atoms with Gasteiger partial charge in [0.25, 0.3) is 0 Å². The highest BCUT2D eigenvalue weighted by atomic mass is 32.1. The van der Waals surface area contributed by atoms with E-state index in [2.05, 4.69) is 16.3 Å². The maximum Gasteiger partial charge on any atom is 0.193 e. The van der Waals surface area contributed by atoms with Gasteiger partial charge < -0.3 is 14.6 Å². The molecule has 0 saturated carbocycles. The van der Waals surface area contributed by atoms with Crippen LogP contribution < -0.4 is 15.6 Å². The van der Waals surface area contributed by atoms with Crippen LogP contribution in [-0.4, -0.2) is 31.2 Å². The average molecular weight is 414 g/mol. The first-order valence-corrected chi connectivity index (χ1v) is 10.9. The number of nitrogens with zero attached hydrogens (tertiary/aromatic N) is 2. The van der Waals surface area contributed by atoms with Crippen LogP contribution >= 0.6 is 11.3 Å². The standard InChI is InChI=1S/C24H19N3O2S/c28-20-14-21(29-22-12-16-4-2-1-3-15(16)11-18(20)22)17-5-6-19-23(13-17)30-24(26-19)27-9-7-25-8-10-27/h1-6,11-14,25H,7-10H2. The van der Waals surface area contributed by atoms with Gasteiger partial charge in [0.1, 0.15) is 11.3 Å². The molecular weight excluding hydrogens is 394 g/mol. The third kappa shape index (κ3) is 2.96. The first-order chi connectivity index (χ1) is 14.7. The van der Waals surface area contributed by atoms with Crippen LogP contribution in [0.15, 0.2) is 69.9 Å². The lowest BCUT2D eigenvalue weighted by molar-refractivity contribution is 0.588. The molecule has 6 rings (SSSR count). The SMILES string of the molecule is O=c1cc(-c2ccc3nc(N4CCNCC4)sc3c2)oc2cc3ccccc3cc12. The van der Waals surface area contributed by atoms with Crippen molar-refractivity contribution in [3.63, 3.8) is 0 Å². The van der Waals surface area contributed by atoms with Gasteiger partial charge in [-0.15, -0.1) is 0 Å². The lowest BCUT2D eigenvalue weighted by Crippen LogP contribution is -2.43. The quantitative estimate of drug-likeness (QED) is 0.428. The fourth-order valence-electron chi connectivity index (χ4n) is 4.04. The van der Waals surface area contributed by atoms with Gasteiger partial charge in [0, 0.05) is 37.8 Å². The Morgan fingerprint density at radius 2 is 1.77 bits per heavy atom. The predicted molar refractivity (Wildman–Crippen MR) is 124 cm³/mol. The predicted octanol–water partition coefficient (Wildman–Crippen LogP) is 4.63. The molecule has 0 radical (unpaired) electrons. The van der Waals surface area contributed by atoms with Gasteiger partial charge in [0.2, 0.25) is 0 Å². The van der Waals surface area contributed by atoms with Crippen molar-refractivity contribution in [3.8, 4) is 11.3 Å². The Hall–Kier alpha value is -3.22. The molecule has 1 aliphatic heterocycles. The normalized spacial score (nSPS) is 14.7. The number of nitrogens with one attached hydrogen (secondary N) is 1. The summed E-state index contributed by atoms with van der Waals surface area (Å²) < 4.78 is 7.27. The van der Waals surface area contributed by atoms with Crippen LogP contribution in [0.3, 0.4) is 0 Å². The summed E-state index contributed by atoms with van der Waals surface area (Å²) >= 11 is 1.69. The molecule has 6 heteroatoms. The molecule has 3 aromatic carbocycles. The zero-order chi connectivity index (χ0) is 20.1. The molecule has 0 unspecified atom stereocenters. The van der Waals surface area contributed by atoms with Crippen molar-refractivity contribution in [3.05, 3.63) is 70.9 Å². The fourth-order valence-corrected chi connectivity index (χ4v) is 5.10. The molecular formula is C24H19N3O2S. The van der Waals surface area contributed by atoms with Gasteiger partial charge in [-0.3, -0.25) is 4.79 Å². The number of thiazole rings is 1. The van der Waals surface area contributed by atoms with Gasteiger partial charge in [-0.2, -0.15) is 0 Å². The molecule has 1 aliphatic rings. The number of rotatable bonds is 2. The van der Waals surface area contributed by atoms with E-state index in [1.165, 1.54) is 0 Å². The smallest absolute Gasteiger partial charge is 0.193 e. The molecule has 0 aliphatic carbocycles. The molecule has 2 aromatic heterocycles. The minimum atomic E-state index is -0.0251. The molecule has 0 bridgehead atoms. The Kier molecular flexibility index (Phi) is 4.07. The van der Waals surface area contributed by atoms with Crippen molar-refractivity contribution >= 4 is 48.4 Å². The molecule has 30 heavy (non-hydrogen) atoms. The Morgan fingerprint density at radius 1 is 0.967 bits per heavy atom. The molecule has 0 spiro atoms. The number of anilines is 1. The third-order valence-corrected chi connectivity index (χ3v) is 6.72. The van der Waals surface area contributed by atoms with E-state index in [-0.39, 0.29) is 5.43 Å². The molecule has 1 N–H and O–H groups in total. The second-order valence-corrected chi connectivity index (χ2v) is 8.60. The van der Waals surface area contributed by atoms with Gasteiger partial charge in [-0.25, -0.2) is 4.98 Å². The van der Waals surface area contributed by atoms with Crippen LogP contribution in [0.5, 0.6) is 0 Å². The summed E-state index contributed by atoms with van der Waals surface area (Å²) in [5.74, 6) is 0.585. The highest BCUT2D eigenvalue weighted by Gasteiger charge is 2.16. The molecule has 1 saturated heterocycles. The van der Waals surface area contributed by atoms with Gasteiger partial charge in [-0.1, -0.05) is 35.6 Å². The Bertz CT molecular complexity index is 1460. The zero-order valence-electron chi connectivity index (χ0n) is 16.2. The fraction of sp³-hybridized carbons (Fsp3) is 0.167. The van der Waals surface area contributed by atoms with Crippen LogP contribution in [0.2, 0.25) is 0 Å². The van der Waals surface area contributed by atoms with Crippen molar-refractivity contribution in [1.82, 2.24) is 10.3 Å². The zero-order valence-corrected chi connectivity index (χ0v) is 17.0. The topological polar surface area (TPSA) is 58.4 Å². The van der Waals surface area contributed by atoms with E-state index >= 15 is 0 Å². The van der Waals surface area contributed by atoms with Crippen LogP contribution in [0.4, 0.5) is 5.13 Å². The van der Waals surface area contributed by atoms with Gasteiger partial charge in [-0.05, 0) is 41.1 Å². The van der Waals surface area contributed by atoms with E-state index in [1.54, 1.807) is 17.4 Å². The minimum absolute atomic E-state index is 0.0251. The Morgan fingerprint density at radius 3 is 2.60 bits per heavy atom. The van der Waals surface area contributed by atoms with Crippen molar-refractivity contribution in [1.29, 1.82) is 0 Å². The molecule has 5 aromatic rings. The molecule has 3 heterocycles. The third-order valence-electron chi connectivity index (χ3n) is 5.64. The van der Waals surface area contributed by atoms with E-state index < -0.39 is 0 Å². The average Bonchev–Trinajstić information content (AvgIpc) is 3.22. The molecule has 148 valence electrons. The van der Waals surface area contributed by atoms with E-state index in [4.69, 9.17) is 9.40 Å². The summed E-state index contributed by atoms with van der Waals surface area (Å²) in [5, 5.41) is 7.13. The van der Waals surface area contributed by atoms with E-state index in [0.29, 0.717) is 16.7 Å². The maximum atomic E-state index is 12.8. The number of fused-ring (bicyclic) bond motifs is 3. The van der Waals surface area contributed by atoms with Crippen molar-refractivity contribution < 1.29 is 4.42 Å². The maximum absolute atomic E-state index is 12.8. The molecule has 0 atom stereocenters. The van der Waals surface area contributed by atoms with Gasteiger partial charge in [0.15, 0.2) is 10.6 Å². The Balaban J connectivity index is 1.45. The molecule has 0 amide bonds. The number of aromatic nitrogens is 1.